The second-order valence-corrected chi connectivity index (χ2v) is 11.3. The van der Waals surface area contributed by atoms with Gasteiger partial charge in [0.15, 0.2) is 5.25 Å². The van der Waals surface area contributed by atoms with Crippen molar-refractivity contribution >= 4 is 71.0 Å². The number of carbonyl (C=O) groups is 2. The van der Waals surface area contributed by atoms with E-state index in [1.54, 1.807) is 0 Å². The van der Waals surface area contributed by atoms with Crippen LogP contribution in [0.2, 0.25) is 0.515 Å². The molecule has 0 saturated heterocycles. The molecule has 0 rings (SSSR count). The summed E-state index contributed by atoms with van der Waals surface area (Å²) in [6.45, 7) is 4.33. The van der Waals surface area contributed by atoms with E-state index < -0.39 is 33.7 Å². The molecule has 0 radical (unpaired) electrons. The predicted molar refractivity (Wildman–Crippen MR) is 127 cm³/mol. The van der Waals surface area contributed by atoms with E-state index in [1.165, 1.54) is 90.4 Å². The average Bonchev–Trinajstić information content (AvgIpc) is 2.71. The van der Waals surface area contributed by atoms with Crippen LogP contribution in [0.1, 0.15) is 103 Å². The van der Waals surface area contributed by atoms with Crippen LogP contribution in [-0.4, -0.2) is 103 Å². The second kappa shape index (κ2) is 24.6. The van der Waals surface area contributed by atoms with Crippen LogP contribution in [0.5, 0.6) is 0 Å². The van der Waals surface area contributed by atoms with E-state index in [0.717, 1.165) is 62.2 Å². The minimum Gasteiger partial charge on any atom is -0.481 e. The third-order valence-electron chi connectivity index (χ3n) is 4.99. The average molecular weight is 507 g/mol. The minimum atomic E-state index is -4.84. The maximum Gasteiger partial charge on any atom is 0.325 e. The number of hydrogen-bond donors (Lipinski definition) is 3. The van der Waals surface area contributed by atoms with Gasteiger partial charge in [-0.2, -0.15) is 8.42 Å². The summed E-state index contributed by atoms with van der Waals surface area (Å²) in [5, 5.41) is 13.9. The van der Waals surface area contributed by atoms with Crippen molar-refractivity contribution in [1.29, 1.82) is 0 Å². The standard InChI is InChI=1S/C18H37O.C4H6O7S.K/c1-3-5-6-7-8-9-10-11-12-13-14-15-16-17-18-19-4-2;5-3(6)1-2(4(7)8)12(9,10)11;/h2-18H2,1H3;2H,1H2,(H,5,6)(H,7,8)(H,9,10,11);. The molecule has 0 aliphatic rings. The monoisotopic (exact) mass is 506 g/mol. The van der Waals surface area contributed by atoms with Crippen LogP contribution >= 0.6 is 0 Å². The smallest absolute Gasteiger partial charge is 0.325 e. The van der Waals surface area contributed by atoms with Crippen molar-refractivity contribution < 1.29 is 37.5 Å². The van der Waals surface area contributed by atoms with Crippen LogP contribution in [-0.2, 0) is 24.4 Å². The fourth-order valence-electron chi connectivity index (χ4n) is 3.12. The topological polar surface area (TPSA) is 138 Å². The van der Waals surface area contributed by atoms with Crippen molar-refractivity contribution in [2.75, 3.05) is 13.2 Å². The molecule has 0 saturated carbocycles. The first-order valence-corrected chi connectivity index (χ1v) is 15.9. The van der Waals surface area contributed by atoms with Crippen molar-refractivity contribution in [2.45, 2.75) is 109 Å². The first-order chi connectivity index (χ1) is 15.2. The Morgan fingerprint density at radius 2 is 1.19 bits per heavy atom. The fourth-order valence-corrected chi connectivity index (χ4v) is 4.18. The quantitative estimate of drug-likeness (QED) is 0.114. The number of aliphatic carboxylic acids is 2. The summed E-state index contributed by atoms with van der Waals surface area (Å²) in [6, 6.07) is 0. The summed E-state index contributed by atoms with van der Waals surface area (Å²) >= 11 is 0.975. The molecule has 3 N–H and O–H groups in total. The summed E-state index contributed by atoms with van der Waals surface area (Å²) in [6.07, 6.45) is 18.9. The molecule has 8 nitrogen and oxygen atoms in total. The van der Waals surface area contributed by atoms with Crippen LogP contribution in [0.15, 0.2) is 0 Å². The van der Waals surface area contributed by atoms with E-state index in [2.05, 4.69) is 6.92 Å². The molecule has 0 aromatic heterocycles. The molecule has 0 aromatic carbocycles. The number of carboxylic acid groups (broad SMARTS) is 2. The van der Waals surface area contributed by atoms with Crippen molar-refractivity contribution in [1.82, 2.24) is 0 Å². The van der Waals surface area contributed by atoms with Crippen molar-refractivity contribution in [3.8, 4) is 0 Å². The Balaban J connectivity index is 0. The Morgan fingerprint density at radius 3 is 1.47 bits per heavy atom. The molecule has 0 amide bonds. The van der Waals surface area contributed by atoms with Gasteiger partial charge < -0.3 is 10.2 Å². The van der Waals surface area contributed by atoms with Gasteiger partial charge in [-0.3, -0.25) is 14.1 Å². The Labute approximate surface area is 228 Å². The van der Waals surface area contributed by atoms with E-state index in [9.17, 15) is 18.0 Å². The summed E-state index contributed by atoms with van der Waals surface area (Å²) < 4.78 is 35.5. The molecule has 0 aromatic rings. The molecule has 10 heteroatoms. The molecule has 1 atom stereocenters. The Kier molecular flexibility index (Phi) is 26.6. The van der Waals surface area contributed by atoms with Gasteiger partial charge in [-0.15, -0.1) is 0 Å². The van der Waals surface area contributed by atoms with Crippen molar-refractivity contribution in [3.05, 3.63) is 0 Å². The predicted octanol–water partition coefficient (Wildman–Crippen LogP) is 4.87. The summed E-state index contributed by atoms with van der Waals surface area (Å²) in [7, 11) is -4.84. The Bertz CT molecular complexity index is 536. The zero-order chi connectivity index (χ0) is 24.7. The number of rotatable bonds is 21. The molecular weight excluding hydrogens is 463 g/mol. The van der Waals surface area contributed by atoms with Crippen LogP contribution in [0.4, 0.5) is 0 Å². The van der Waals surface area contributed by atoms with E-state index in [0.29, 0.717) is 0 Å². The normalized spacial score (nSPS) is 12.1. The maximum atomic E-state index is 10.2. The van der Waals surface area contributed by atoms with Gasteiger partial charge >= 0.3 is 131 Å². The van der Waals surface area contributed by atoms with Crippen molar-refractivity contribution in [2.24, 2.45) is 0 Å². The summed E-state index contributed by atoms with van der Waals surface area (Å²) in [5.74, 6) is -3.50. The molecule has 186 valence electrons. The van der Waals surface area contributed by atoms with Gasteiger partial charge in [-0.25, -0.2) is 0 Å². The van der Waals surface area contributed by atoms with Gasteiger partial charge in [-0.1, -0.05) is 45.4 Å². The number of carboxylic acids is 2. The number of unbranched alkanes of at least 4 members (excludes halogenated alkanes) is 13. The van der Waals surface area contributed by atoms with Crippen molar-refractivity contribution in [3.63, 3.8) is 0 Å². The van der Waals surface area contributed by atoms with Gasteiger partial charge in [0.25, 0.3) is 10.1 Å². The van der Waals surface area contributed by atoms with Gasteiger partial charge in [0, 0.05) is 0 Å². The van der Waals surface area contributed by atoms with Gasteiger partial charge in [0.1, 0.15) is 0 Å². The van der Waals surface area contributed by atoms with E-state index >= 15 is 0 Å². The minimum absolute atomic E-state index is 0.975. The van der Waals surface area contributed by atoms with Crippen LogP contribution in [0.25, 0.3) is 0 Å². The molecule has 0 heterocycles. The molecule has 32 heavy (non-hydrogen) atoms. The molecule has 0 spiro atoms. The van der Waals surface area contributed by atoms with Crippen LogP contribution in [0, 0.1) is 0 Å². The third-order valence-corrected chi connectivity index (χ3v) is 6.71. The van der Waals surface area contributed by atoms with Crippen LogP contribution in [0.3, 0.4) is 0 Å². The fraction of sp³-hybridized carbons (Fsp3) is 0.909. The summed E-state index contributed by atoms with van der Waals surface area (Å²) in [4.78, 5) is 20.0. The van der Waals surface area contributed by atoms with Crippen LogP contribution < -0.4 is 0 Å². The Hall–Kier alpha value is 0.446. The number of ether oxygens (including phenoxy) is 1. The largest absolute Gasteiger partial charge is 0.481 e. The van der Waals surface area contributed by atoms with Gasteiger partial charge in [0.2, 0.25) is 0 Å². The zero-order valence-corrected chi connectivity index (χ0v) is 24.0. The molecule has 0 bridgehead atoms. The molecular formula is C22H43KO8S. The second-order valence-electron chi connectivity index (χ2n) is 8.15. The zero-order valence-electron chi connectivity index (χ0n) is 20.1. The SMILES string of the molecule is CCCCCCCCCCCCCCCCOC[CH2][K].O=C(O)CC(C(=O)O)S(=O)(=O)O. The number of hydrogen-bond acceptors (Lipinski definition) is 5. The third kappa shape index (κ3) is 26.7. The van der Waals surface area contributed by atoms with E-state index in [4.69, 9.17) is 19.5 Å². The molecule has 0 fully saturated rings. The Morgan fingerprint density at radius 1 is 0.781 bits per heavy atom. The first kappa shape index (κ1) is 34.6. The van der Waals surface area contributed by atoms with E-state index in [-0.39, 0.29) is 0 Å². The first-order valence-electron chi connectivity index (χ1n) is 12.1. The maximum absolute atomic E-state index is 10.2. The molecule has 1 unspecified atom stereocenters. The van der Waals surface area contributed by atoms with Gasteiger partial charge in [0.05, 0.1) is 6.42 Å². The molecule has 0 aliphatic heterocycles. The van der Waals surface area contributed by atoms with Gasteiger partial charge in [-0.05, 0) is 0 Å². The molecule has 0 aliphatic carbocycles. The van der Waals surface area contributed by atoms with E-state index in [1.807, 2.05) is 0 Å². The summed E-state index contributed by atoms with van der Waals surface area (Å²) in [5.41, 5.74) is 0.